The summed E-state index contributed by atoms with van der Waals surface area (Å²) in [5, 5.41) is 3.68. The number of piperazine rings is 1. The van der Waals surface area contributed by atoms with E-state index in [4.69, 9.17) is 4.74 Å². The third-order valence-corrected chi connectivity index (χ3v) is 4.27. The lowest BCUT2D eigenvalue weighted by molar-refractivity contribution is 0.0574. The highest BCUT2D eigenvalue weighted by Gasteiger charge is 2.27. The number of likely N-dealkylation sites (N-methyl/N-ethyl adjacent to an activating group) is 1. The van der Waals surface area contributed by atoms with Crippen LogP contribution in [0.25, 0.3) is 0 Å². The molecule has 0 aromatic heterocycles. The number of nitrogens with zero attached hydrogens (tertiary/aromatic N) is 2. The molecule has 0 aliphatic carbocycles. The summed E-state index contributed by atoms with van der Waals surface area (Å²) in [6, 6.07) is 1.26. The van der Waals surface area contributed by atoms with Crippen molar-refractivity contribution in [3.05, 3.63) is 0 Å². The quantitative estimate of drug-likeness (QED) is 0.673. The molecule has 114 valence electrons. The highest BCUT2D eigenvalue weighted by molar-refractivity contribution is 4.86. The number of ether oxygens (including phenoxy) is 1. The summed E-state index contributed by atoms with van der Waals surface area (Å²) in [7, 11) is 4.16. The SMILES string of the molecule is CCC(C)C1CN(CCOCCN(C)C)C(C)CN1. The first-order valence-electron chi connectivity index (χ1n) is 7.74. The molecule has 0 aromatic rings. The van der Waals surface area contributed by atoms with E-state index in [1.807, 2.05) is 0 Å². The summed E-state index contributed by atoms with van der Waals surface area (Å²) >= 11 is 0. The van der Waals surface area contributed by atoms with E-state index >= 15 is 0 Å². The maximum atomic E-state index is 5.71. The average Bonchev–Trinajstić information content (AvgIpc) is 2.39. The molecule has 3 atom stereocenters. The van der Waals surface area contributed by atoms with Crippen molar-refractivity contribution in [3.63, 3.8) is 0 Å². The fraction of sp³-hybridized carbons (Fsp3) is 1.00. The van der Waals surface area contributed by atoms with Crippen LogP contribution in [-0.4, -0.2) is 75.4 Å². The molecule has 0 amide bonds. The van der Waals surface area contributed by atoms with Gasteiger partial charge in [-0.15, -0.1) is 0 Å². The van der Waals surface area contributed by atoms with Crippen molar-refractivity contribution in [3.8, 4) is 0 Å². The van der Waals surface area contributed by atoms with E-state index < -0.39 is 0 Å². The summed E-state index contributed by atoms with van der Waals surface area (Å²) < 4.78 is 5.71. The van der Waals surface area contributed by atoms with Gasteiger partial charge >= 0.3 is 0 Å². The molecule has 0 radical (unpaired) electrons. The summed E-state index contributed by atoms with van der Waals surface area (Å²) in [5.74, 6) is 0.754. The van der Waals surface area contributed by atoms with Gasteiger partial charge in [0.15, 0.2) is 0 Å². The Hall–Kier alpha value is -0.160. The molecule has 3 unspecified atom stereocenters. The van der Waals surface area contributed by atoms with Gasteiger partial charge in [0.05, 0.1) is 13.2 Å². The van der Waals surface area contributed by atoms with Gasteiger partial charge in [0.1, 0.15) is 0 Å². The zero-order valence-corrected chi connectivity index (χ0v) is 13.5. The molecule has 0 spiro atoms. The van der Waals surface area contributed by atoms with Crippen LogP contribution < -0.4 is 5.32 Å². The first-order valence-corrected chi connectivity index (χ1v) is 7.74. The Balaban J connectivity index is 2.22. The van der Waals surface area contributed by atoms with Gasteiger partial charge in [0.25, 0.3) is 0 Å². The predicted molar refractivity (Wildman–Crippen MR) is 81.7 cm³/mol. The van der Waals surface area contributed by atoms with Gasteiger partial charge in [-0.05, 0) is 26.9 Å². The third kappa shape index (κ3) is 6.21. The molecule has 19 heavy (non-hydrogen) atoms. The zero-order chi connectivity index (χ0) is 14.3. The van der Waals surface area contributed by atoms with Crippen molar-refractivity contribution < 1.29 is 4.74 Å². The molecule has 1 saturated heterocycles. The van der Waals surface area contributed by atoms with Crippen LogP contribution in [0.1, 0.15) is 27.2 Å². The molecule has 1 rings (SSSR count). The highest BCUT2D eigenvalue weighted by atomic mass is 16.5. The van der Waals surface area contributed by atoms with Crippen molar-refractivity contribution in [2.75, 3.05) is 53.5 Å². The van der Waals surface area contributed by atoms with Crippen LogP contribution in [0.5, 0.6) is 0 Å². The topological polar surface area (TPSA) is 27.7 Å². The second-order valence-corrected chi connectivity index (χ2v) is 6.16. The lowest BCUT2D eigenvalue weighted by atomic mass is 9.96. The lowest BCUT2D eigenvalue weighted by Crippen LogP contribution is -2.57. The minimum Gasteiger partial charge on any atom is -0.379 e. The standard InChI is InChI=1S/C15H33N3O/c1-6-13(2)15-12-18(14(3)11-16-15)8-10-19-9-7-17(4)5/h13-16H,6-12H2,1-5H3. The Labute approximate surface area is 119 Å². The van der Waals surface area contributed by atoms with Crippen LogP contribution in [0.4, 0.5) is 0 Å². The fourth-order valence-electron chi connectivity index (χ4n) is 2.46. The fourth-order valence-corrected chi connectivity index (χ4v) is 2.46. The van der Waals surface area contributed by atoms with Crippen molar-refractivity contribution in [1.29, 1.82) is 0 Å². The first-order chi connectivity index (χ1) is 9.04. The van der Waals surface area contributed by atoms with E-state index in [1.165, 1.54) is 6.42 Å². The number of nitrogens with one attached hydrogen (secondary N) is 1. The van der Waals surface area contributed by atoms with E-state index in [2.05, 4.69) is 50.0 Å². The minimum atomic E-state index is 0.623. The van der Waals surface area contributed by atoms with Gasteiger partial charge in [0, 0.05) is 38.3 Å². The van der Waals surface area contributed by atoms with Gasteiger partial charge in [-0.2, -0.15) is 0 Å². The molecular weight excluding hydrogens is 238 g/mol. The van der Waals surface area contributed by atoms with Gasteiger partial charge < -0.3 is 15.0 Å². The van der Waals surface area contributed by atoms with Crippen molar-refractivity contribution in [2.45, 2.75) is 39.3 Å². The Morgan fingerprint density at radius 1 is 1.37 bits per heavy atom. The highest BCUT2D eigenvalue weighted by Crippen LogP contribution is 2.15. The molecule has 4 nitrogen and oxygen atoms in total. The molecule has 4 heteroatoms. The number of hydrogen-bond donors (Lipinski definition) is 1. The Kier molecular flexibility index (Phi) is 7.91. The normalized spacial score (nSPS) is 26.8. The summed E-state index contributed by atoms with van der Waals surface area (Å²) in [6.07, 6.45) is 1.25. The van der Waals surface area contributed by atoms with Crippen LogP contribution >= 0.6 is 0 Å². The van der Waals surface area contributed by atoms with Gasteiger partial charge in [-0.25, -0.2) is 0 Å². The van der Waals surface area contributed by atoms with Crippen molar-refractivity contribution >= 4 is 0 Å². The zero-order valence-electron chi connectivity index (χ0n) is 13.5. The monoisotopic (exact) mass is 271 g/mol. The summed E-state index contributed by atoms with van der Waals surface area (Å²) in [6.45, 7) is 12.9. The maximum absolute atomic E-state index is 5.71. The third-order valence-electron chi connectivity index (χ3n) is 4.27. The number of rotatable bonds is 8. The molecule has 0 saturated carbocycles. The van der Waals surface area contributed by atoms with E-state index in [0.717, 1.165) is 45.3 Å². The molecule has 1 N–H and O–H groups in total. The second kappa shape index (κ2) is 8.90. The van der Waals surface area contributed by atoms with E-state index in [1.54, 1.807) is 0 Å². The summed E-state index contributed by atoms with van der Waals surface area (Å²) in [4.78, 5) is 4.73. The van der Waals surface area contributed by atoms with Crippen LogP contribution in [0, 0.1) is 5.92 Å². The van der Waals surface area contributed by atoms with Gasteiger partial charge in [-0.3, -0.25) is 4.90 Å². The smallest absolute Gasteiger partial charge is 0.0594 e. The molecule has 1 heterocycles. The van der Waals surface area contributed by atoms with Crippen molar-refractivity contribution in [2.24, 2.45) is 5.92 Å². The minimum absolute atomic E-state index is 0.623. The van der Waals surface area contributed by atoms with E-state index in [-0.39, 0.29) is 0 Å². The number of hydrogen-bond acceptors (Lipinski definition) is 4. The van der Waals surface area contributed by atoms with E-state index in [0.29, 0.717) is 12.1 Å². The lowest BCUT2D eigenvalue weighted by Gasteiger charge is -2.41. The molecule has 1 fully saturated rings. The van der Waals surface area contributed by atoms with Crippen LogP contribution in [0.3, 0.4) is 0 Å². The Bertz CT molecular complexity index is 235. The van der Waals surface area contributed by atoms with Gasteiger partial charge in [0.2, 0.25) is 0 Å². The molecule has 0 bridgehead atoms. The Morgan fingerprint density at radius 2 is 2.11 bits per heavy atom. The van der Waals surface area contributed by atoms with Gasteiger partial charge in [-0.1, -0.05) is 20.3 Å². The van der Waals surface area contributed by atoms with Crippen molar-refractivity contribution in [1.82, 2.24) is 15.1 Å². The molecule has 1 aliphatic rings. The van der Waals surface area contributed by atoms with Crippen LogP contribution in [0.2, 0.25) is 0 Å². The first kappa shape index (κ1) is 16.9. The largest absolute Gasteiger partial charge is 0.379 e. The van der Waals surface area contributed by atoms with Crippen LogP contribution in [-0.2, 0) is 4.74 Å². The predicted octanol–water partition coefficient (Wildman–Crippen LogP) is 1.27. The van der Waals surface area contributed by atoms with Crippen LogP contribution in [0.15, 0.2) is 0 Å². The molecule has 0 aromatic carbocycles. The molecule has 1 aliphatic heterocycles. The Morgan fingerprint density at radius 3 is 2.74 bits per heavy atom. The summed E-state index contributed by atoms with van der Waals surface area (Å²) in [5.41, 5.74) is 0. The van der Waals surface area contributed by atoms with E-state index in [9.17, 15) is 0 Å². The molecular formula is C15H33N3O. The average molecular weight is 271 g/mol. The second-order valence-electron chi connectivity index (χ2n) is 6.16. The maximum Gasteiger partial charge on any atom is 0.0594 e.